The molecule has 9 nitrogen and oxygen atoms in total. The Hall–Kier alpha value is -1.55. The Morgan fingerprint density at radius 2 is 1.70 bits per heavy atom. The SMILES string of the molecule is CC(=O)NC1C(OCCOCCCC(=O)CCCN)OC(COC(C)=O)C(C)C1C. The molecule has 1 aliphatic rings. The molecule has 0 aromatic rings. The third kappa shape index (κ3) is 9.97. The molecule has 30 heavy (non-hydrogen) atoms. The van der Waals surface area contributed by atoms with Crippen LogP contribution in [0, 0.1) is 11.8 Å². The van der Waals surface area contributed by atoms with E-state index in [0.717, 1.165) is 6.42 Å². The number of hydrogen-bond donors (Lipinski definition) is 2. The highest BCUT2D eigenvalue weighted by molar-refractivity contribution is 5.78. The minimum absolute atomic E-state index is 0.0636. The highest BCUT2D eigenvalue weighted by Crippen LogP contribution is 2.31. The zero-order valence-electron chi connectivity index (χ0n) is 18.7. The molecule has 0 aliphatic carbocycles. The molecule has 0 aromatic carbocycles. The van der Waals surface area contributed by atoms with E-state index >= 15 is 0 Å². The lowest BCUT2D eigenvalue weighted by molar-refractivity contribution is -0.246. The Labute approximate surface area is 179 Å². The van der Waals surface area contributed by atoms with Crippen LogP contribution in [0.25, 0.3) is 0 Å². The minimum Gasteiger partial charge on any atom is -0.463 e. The maximum absolute atomic E-state index is 11.6. The first kappa shape index (κ1) is 26.5. The summed E-state index contributed by atoms with van der Waals surface area (Å²) in [5, 5.41) is 2.90. The van der Waals surface area contributed by atoms with E-state index in [1.54, 1.807) is 0 Å². The lowest BCUT2D eigenvalue weighted by atomic mass is 9.82. The number of nitrogens with one attached hydrogen (secondary N) is 1. The molecule has 0 bridgehead atoms. The fourth-order valence-corrected chi connectivity index (χ4v) is 3.38. The van der Waals surface area contributed by atoms with Crippen LogP contribution in [-0.2, 0) is 33.3 Å². The molecule has 5 atom stereocenters. The Balaban J connectivity index is 2.43. The second kappa shape index (κ2) is 14.5. The summed E-state index contributed by atoms with van der Waals surface area (Å²) in [6.45, 7) is 8.60. The maximum Gasteiger partial charge on any atom is 0.302 e. The monoisotopic (exact) mass is 430 g/mol. The lowest BCUT2D eigenvalue weighted by Gasteiger charge is -2.44. The normalized spacial score (nSPS) is 26.2. The van der Waals surface area contributed by atoms with Crippen LogP contribution in [0.15, 0.2) is 0 Å². The van der Waals surface area contributed by atoms with Crippen molar-refractivity contribution in [2.75, 3.05) is 33.0 Å². The summed E-state index contributed by atoms with van der Waals surface area (Å²) in [6, 6.07) is -0.314. The molecular weight excluding hydrogens is 392 g/mol. The van der Waals surface area contributed by atoms with E-state index in [0.29, 0.717) is 39.0 Å². The first-order valence-electron chi connectivity index (χ1n) is 10.7. The number of nitrogens with two attached hydrogens (primary N) is 1. The van der Waals surface area contributed by atoms with Gasteiger partial charge in [0.2, 0.25) is 5.91 Å². The fourth-order valence-electron chi connectivity index (χ4n) is 3.38. The zero-order chi connectivity index (χ0) is 22.5. The van der Waals surface area contributed by atoms with Crippen molar-refractivity contribution in [3.05, 3.63) is 0 Å². The number of amides is 1. The molecule has 1 aliphatic heterocycles. The number of Topliss-reactive ketones (excluding diaryl/α,β-unsaturated/α-hetero) is 1. The van der Waals surface area contributed by atoms with Crippen LogP contribution in [0.3, 0.4) is 0 Å². The van der Waals surface area contributed by atoms with Gasteiger partial charge in [0.1, 0.15) is 12.4 Å². The Kier molecular flexibility index (Phi) is 12.8. The molecule has 0 aromatic heterocycles. The van der Waals surface area contributed by atoms with Crippen LogP contribution in [0.2, 0.25) is 0 Å². The van der Waals surface area contributed by atoms with E-state index in [9.17, 15) is 14.4 Å². The fraction of sp³-hybridized carbons (Fsp3) is 0.857. The van der Waals surface area contributed by atoms with E-state index in [1.807, 2.05) is 13.8 Å². The van der Waals surface area contributed by atoms with Gasteiger partial charge in [-0.1, -0.05) is 13.8 Å². The Morgan fingerprint density at radius 1 is 1.00 bits per heavy atom. The van der Waals surface area contributed by atoms with Crippen molar-refractivity contribution in [3.8, 4) is 0 Å². The molecule has 9 heteroatoms. The third-order valence-corrected chi connectivity index (χ3v) is 5.32. The van der Waals surface area contributed by atoms with Crippen molar-refractivity contribution < 1.29 is 33.3 Å². The average molecular weight is 431 g/mol. The number of ether oxygens (including phenoxy) is 4. The van der Waals surface area contributed by atoms with Gasteiger partial charge in [0, 0.05) is 33.3 Å². The van der Waals surface area contributed by atoms with Crippen LogP contribution in [0.5, 0.6) is 0 Å². The second-order valence-corrected chi connectivity index (χ2v) is 7.81. The maximum atomic E-state index is 11.6. The molecule has 0 saturated carbocycles. The molecule has 1 heterocycles. The first-order chi connectivity index (χ1) is 14.3. The van der Waals surface area contributed by atoms with E-state index in [-0.39, 0.29) is 54.9 Å². The number of esters is 1. The van der Waals surface area contributed by atoms with E-state index in [1.165, 1.54) is 13.8 Å². The van der Waals surface area contributed by atoms with Crippen LogP contribution in [-0.4, -0.2) is 69.1 Å². The summed E-state index contributed by atoms with van der Waals surface area (Å²) in [5.74, 6) is -0.196. The highest BCUT2D eigenvalue weighted by atomic mass is 16.7. The Morgan fingerprint density at radius 3 is 2.33 bits per heavy atom. The molecule has 0 radical (unpaired) electrons. The number of carbonyl (C=O) groups is 3. The highest BCUT2D eigenvalue weighted by Gasteiger charge is 2.42. The first-order valence-corrected chi connectivity index (χ1v) is 10.7. The minimum atomic E-state index is -0.665. The molecule has 0 spiro atoms. The molecular formula is C21H38N2O7. The van der Waals surface area contributed by atoms with Gasteiger partial charge in [-0.25, -0.2) is 0 Å². The van der Waals surface area contributed by atoms with Crippen molar-refractivity contribution in [2.24, 2.45) is 17.6 Å². The van der Waals surface area contributed by atoms with Crippen LogP contribution >= 0.6 is 0 Å². The van der Waals surface area contributed by atoms with E-state index in [4.69, 9.17) is 24.7 Å². The predicted octanol–water partition coefficient (Wildman–Crippen LogP) is 1.17. The molecule has 174 valence electrons. The summed E-state index contributed by atoms with van der Waals surface area (Å²) in [4.78, 5) is 34.4. The summed E-state index contributed by atoms with van der Waals surface area (Å²) in [5.41, 5.74) is 5.39. The van der Waals surface area contributed by atoms with Crippen LogP contribution < -0.4 is 11.1 Å². The topological polar surface area (TPSA) is 126 Å². The van der Waals surface area contributed by atoms with Gasteiger partial charge in [0.25, 0.3) is 0 Å². The van der Waals surface area contributed by atoms with Gasteiger partial charge in [-0.2, -0.15) is 0 Å². The standard InChI is InChI=1S/C21H38N2O7/c1-14-15(2)20(23-16(3)24)21(30-19(14)13-29-17(4)25)28-12-11-27-10-6-8-18(26)7-5-9-22/h14-15,19-21H,5-13,22H2,1-4H3,(H,23,24). The molecule has 3 N–H and O–H groups in total. The van der Waals surface area contributed by atoms with Gasteiger partial charge in [-0.15, -0.1) is 0 Å². The van der Waals surface area contributed by atoms with Gasteiger partial charge in [-0.3, -0.25) is 14.4 Å². The van der Waals surface area contributed by atoms with Gasteiger partial charge in [-0.05, 0) is 31.2 Å². The molecule has 1 fully saturated rings. The van der Waals surface area contributed by atoms with Crippen molar-refractivity contribution in [2.45, 2.75) is 71.8 Å². The zero-order valence-corrected chi connectivity index (χ0v) is 18.7. The summed E-state index contributed by atoms with van der Waals surface area (Å²) in [7, 11) is 0. The predicted molar refractivity (Wildman–Crippen MR) is 111 cm³/mol. The number of hydrogen-bond acceptors (Lipinski definition) is 8. The van der Waals surface area contributed by atoms with Gasteiger partial charge >= 0.3 is 5.97 Å². The molecule has 1 saturated heterocycles. The van der Waals surface area contributed by atoms with Crippen molar-refractivity contribution >= 4 is 17.7 Å². The summed E-state index contributed by atoms with van der Waals surface area (Å²) < 4.78 is 22.5. The lowest BCUT2D eigenvalue weighted by Crippen LogP contribution is -2.58. The molecule has 1 amide bonds. The smallest absolute Gasteiger partial charge is 0.302 e. The third-order valence-electron chi connectivity index (χ3n) is 5.32. The van der Waals surface area contributed by atoms with Gasteiger partial charge < -0.3 is 30.0 Å². The van der Waals surface area contributed by atoms with Gasteiger partial charge in [0.05, 0.1) is 25.4 Å². The Bertz CT molecular complexity index is 541. The largest absolute Gasteiger partial charge is 0.463 e. The van der Waals surface area contributed by atoms with Crippen molar-refractivity contribution in [1.82, 2.24) is 5.32 Å². The molecule has 1 rings (SSSR count). The van der Waals surface area contributed by atoms with Crippen molar-refractivity contribution in [1.29, 1.82) is 0 Å². The molecule has 5 unspecified atom stereocenters. The number of carbonyl (C=O) groups excluding carboxylic acids is 3. The number of rotatable bonds is 14. The van der Waals surface area contributed by atoms with E-state index in [2.05, 4.69) is 5.32 Å². The summed E-state index contributed by atoms with van der Waals surface area (Å²) >= 11 is 0. The second-order valence-electron chi connectivity index (χ2n) is 7.81. The summed E-state index contributed by atoms with van der Waals surface area (Å²) in [6.07, 6.45) is 1.41. The quantitative estimate of drug-likeness (QED) is 0.311. The average Bonchev–Trinajstić information content (AvgIpc) is 2.69. The number of ketones is 1. The van der Waals surface area contributed by atoms with Crippen LogP contribution in [0.4, 0.5) is 0 Å². The van der Waals surface area contributed by atoms with E-state index < -0.39 is 6.29 Å². The van der Waals surface area contributed by atoms with Gasteiger partial charge in [0.15, 0.2) is 6.29 Å². The van der Waals surface area contributed by atoms with Crippen LogP contribution in [0.1, 0.15) is 53.4 Å². The van der Waals surface area contributed by atoms with Crippen molar-refractivity contribution in [3.63, 3.8) is 0 Å².